The predicted octanol–water partition coefficient (Wildman–Crippen LogP) is 8.66. The molecule has 0 unspecified atom stereocenters. The highest BCUT2D eigenvalue weighted by atomic mass is 35.5. The first-order valence-corrected chi connectivity index (χ1v) is 9.25. The fraction of sp³-hybridized carbons (Fsp3) is 0.250. The highest BCUT2D eigenvalue weighted by molar-refractivity contribution is 6.49. The van der Waals surface area contributed by atoms with Gasteiger partial charge in [-0.1, -0.05) is 81.2 Å². The number of hydrogen-bond acceptors (Lipinski definition) is 0. The standard InChI is InChI=1S/C16H11Cl7/c1-6-10(17)5-8(14(21)11(6)18)3-4-9-15(22)12(19)7(2)13(20)16(9)23/h5H,3-4H2,1-2H3. The molecule has 0 saturated carbocycles. The van der Waals surface area contributed by atoms with E-state index in [1.807, 2.05) is 6.92 Å². The van der Waals surface area contributed by atoms with Gasteiger partial charge in [-0.2, -0.15) is 0 Å². The van der Waals surface area contributed by atoms with Gasteiger partial charge < -0.3 is 0 Å². The summed E-state index contributed by atoms with van der Waals surface area (Å²) in [5, 5.41) is 3.10. The van der Waals surface area contributed by atoms with Crippen LogP contribution in [0.5, 0.6) is 0 Å². The van der Waals surface area contributed by atoms with Crippen molar-refractivity contribution in [3.63, 3.8) is 0 Å². The van der Waals surface area contributed by atoms with E-state index >= 15 is 0 Å². The molecule has 0 aliphatic heterocycles. The summed E-state index contributed by atoms with van der Waals surface area (Å²) in [6, 6.07) is 1.80. The van der Waals surface area contributed by atoms with E-state index < -0.39 is 0 Å². The molecule has 23 heavy (non-hydrogen) atoms. The van der Waals surface area contributed by atoms with Gasteiger partial charge in [0.05, 0.1) is 30.1 Å². The van der Waals surface area contributed by atoms with Crippen molar-refractivity contribution < 1.29 is 0 Å². The number of aryl methyl sites for hydroxylation is 1. The van der Waals surface area contributed by atoms with Crippen molar-refractivity contribution in [2.75, 3.05) is 0 Å². The lowest BCUT2D eigenvalue weighted by Gasteiger charge is -2.15. The molecule has 7 heteroatoms. The average Bonchev–Trinajstić information content (AvgIpc) is 2.53. The maximum Gasteiger partial charge on any atom is 0.0643 e. The minimum absolute atomic E-state index is 0.402. The van der Waals surface area contributed by atoms with Gasteiger partial charge in [0.15, 0.2) is 0 Å². The maximum absolute atomic E-state index is 6.31. The Bertz CT molecular complexity index is 752. The Morgan fingerprint density at radius 3 is 1.61 bits per heavy atom. The van der Waals surface area contributed by atoms with Gasteiger partial charge in [-0.25, -0.2) is 0 Å². The zero-order valence-electron chi connectivity index (χ0n) is 12.1. The second-order valence-electron chi connectivity index (χ2n) is 5.13. The lowest BCUT2D eigenvalue weighted by atomic mass is 10.0. The van der Waals surface area contributed by atoms with Crippen LogP contribution in [0.2, 0.25) is 35.2 Å². The van der Waals surface area contributed by atoms with Crippen molar-refractivity contribution in [2.45, 2.75) is 26.7 Å². The lowest BCUT2D eigenvalue weighted by molar-refractivity contribution is 0.959. The Hall–Kier alpha value is 0.470. The van der Waals surface area contributed by atoms with Crippen LogP contribution in [0.4, 0.5) is 0 Å². The van der Waals surface area contributed by atoms with E-state index in [1.54, 1.807) is 13.0 Å². The van der Waals surface area contributed by atoms with E-state index in [0.29, 0.717) is 59.1 Å². The zero-order valence-corrected chi connectivity index (χ0v) is 17.4. The summed E-state index contributed by atoms with van der Waals surface area (Å²) >= 11 is 43.7. The third-order valence-electron chi connectivity index (χ3n) is 3.68. The quantitative estimate of drug-likeness (QED) is 0.410. The van der Waals surface area contributed by atoms with Crippen LogP contribution in [0.3, 0.4) is 0 Å². The summed E-state index contributed by atoms with van der Waals surface area (Å²) < 4.78 is 0. The van der Waals surface area contributed by atoms with Crippen LogP contribution in [-0.4, -0.2) is 0 Å². The van der Waals surface area contributed by atoms with Gasteiger partial charge in [0, 0.05) is 5.02 Å². The smallest absolute Gasteiger partial charge is 0.0643 e. The molecule has 0 amide bonds. The molecule has 0 radical (unpaired) electrons. The number of rotatable bonds is 3. The van der Waals surface area contributed by atoms with E-state index in [9.17, 15) is 0 Å². The van der Waals surface area contributed by atoms with Crippen molar-refractivity contribution in [1.29, 1.82) is 0 Å². The van der Waals surface area contributed by atoms with Gasteiger partial charge in [0.2, 0.25) is 0 Å². The molecule has 0 saturated heterocycles. The minimum Gasteiger partial charge on any atom is -0.0840 e. The fourth-order valence-corrected chi connectivity index (χ4v) is 4.15. The summed E-state index contributed by atoms with van der Waals surface area (Å²) in [6.45, 7) is 3.58. The van der Waals surface area contributed by atoms with E-state index in [-0.39, 0.29) is 0 Å². The van der Waals surface area contributed by atoms with Gasteiger partial charge in [-0.15, -0.1) is 0 Å². The van der Waals surface area contributed by atoms with Crippen LogP contribution in [0.1, 0.15) is 22.3 Å². The van der Waals surface area contributed by atoms with E-state index in [2.05, 4.69) is 0 Å². The predicted molar refractivity (Wildman–Crippen MR) is 105 cm³/mol. The molecule has 0 bridgehead atoms. The van der Waals surface area contributed by atoms with Crippen molar-refractivity contribution in [3.8, 4) is 0 Å². The Morgan fingerprint density at radius 2 is 1.09 bits per heavy atom. The molecule has 0 nitrogen and oxygen atoms in total. The van der Waals surface area contributed by atoms with Gasteiger partial charge >= 0.3 is 0 Å². The second-order valence-corrected chi connectivity index (χ2v) is 7.80. The molecule has 0 heterocycles. The first kappa shape index (κ1) is 19.8. The molecule has 0 N–H and O–H groups in total. The summed E-state index contributed by atoms with van der Waals surface area (Å²) in [4.78, 5) is 0. The van der Waals surface area contributed by atoms with Crippen LogP contribution in [0.25, 0.3) is 0 Å². The molecule has 0 fully saturated rings. The van der Waals surface area contributed by atoms with Crippen molar-refractivity contribution in [3.05, 3.63) is 63.5 Å². The van der Waals surface area contributed by atoms with Gasteiger partial charge in [0.25, 0.3) is 0 Å². The van der Waals surface area contributed by atoms with E-state index in [1.165, 1.54) is 0 Å². The molecule has 0 aliphatic rings. The summed E-state index contributed by atoms with van der Waals surface area (Å²) in [5.74, 6) is 0. The number of hydrogen-bond donors (Lipinski definition) is 0. The highest BCUT2D eigenvalue weighted by Crippen LogP contribution is 2.42. The monoisotopic (exact) mass is 448 g/mol. The molecule has 2 aromatic rings. The molecular weight excluding hydrogens is 440 g/mol. The Balaban J connectivity index is 2.40. The summed E-state index contributed by atoms with van der Waals surface area (Å²) in [7, 11) is 0. The Kier molecular flexibility index (Phi) is 6.70. The molecule has 2 aromatic carbocycles. The van der Waals surface area contributed by atoms with Crippen molar-refractivity contribution in [1.82, 2.24) is 0 Å². The van der Waals surface area contributed by atoms with E-state index in [0.717, 1.165) is 11.1 Å². The molecular formula is C16H11Cl7. The topological polar surface area (TPSA) is 0 Å². The van der Waals surface area contributed by atoms with Gasteiger partial charge in [-0.05, 0) is 55.0 Å². The van der Waals surface area contributed by atoms with Gasteiger partial charge in [-0.3, -0.25) is 0 Å². The zero-order chi connectivity index (χ0) is 17.5. The largest absolute Gasteiger partial charge is 0.0840 e. The van der Waals surface area contributed by atoms with Crippen molar-refractivity contribution in [2.24, 2.45) is 0 Å². The first-order valence-electron chi connectivity index (χ1n) is 6.61. The molecule has 0 atom stereocenters. The first-order chi connectivity index (χ1) is 10.7. The fourth-order valence-electron chi connectivity index (χ4n) is 2.18. The normalized spacial score (nSPS) is 11.2. The SMILES string of the molecule is Cc1c(Cl)cc(CCc2c(Cl)c(Cl)c(C)c(Cl)c2Cl)c(Cl)c1Cl. The number of halogens is 7. The van der Waals surface area contributed by atoms with Crippen LogP contribution in [0, 0.1) is 13.8 Å². The third kappa shape index (κ3) is 3.85. The Morgan fingerprint density at radius 1 is 0.609 bits per heavy atom. The molecule has 0 aromatic heterocycles. The molecule has 0 spiro atoms. The minimum atomic E-state index is 0.402. The maximum atomic E-state index is 6.31. The molecule has 0 aliphatic carbocycles. The third-order valence-corrected chi connectivity index (χ3v) is 7.05. The second kappa shape index (κ2) is 7.79. The van der Waals surface area contributed by atoms with Crippen LogP contribution >= 0.6 is 81.2 Å². The highest BCUT2D eigenvalue weighted by Gasteiger charge is 2.19. The number of benzene rings is 2. The van der Waals surface area contributed by atoms with Crippen molar-refractivity contribution >= 4 is 81.2 Å². The molecule has 124 valence electrons. The van der Waals surface area contributed by atoms with Gasteiger partial charge in [0.1, 0.15) is 0 Å². The van der Waals surface area contributed by atoms with Crippen LogP contribution in [0.15, 0.2) is 6.07 Å². The summed E-state index contributed by atoms with van der Waals surface area (Å²) in [6.07, 6.45) is 1.06. The average molecular weight is 451 g/mol. The summed E-state index contributed by atoms with van der Waals surface area (Å²) in [5.41, 5.74) is 2.90. The lowest BCUT2D eigenvalue weighted by Crippen LogP contribution is -1.98. The van der Waals surface area contributed by atoms with E-state index in [4.69, 9.17) is 81.2 Å². The van der Waals surface area contributed by atoms with Crippen LogP contribution < -0.4 is 0 Å². The molecule has 2 rings (SSSR count). The van der Waals surface area contributed by atoms with Crippen LogP contribution in [-0.2, 0) is 12.8 Å². The Labute approximate surface area is 170 Å².